The van der Waals surface area contributed by atoms with Crippen LogP contribution < -0.4 is 14.8 Å². The minimum Gasteiger partial charge on any atom is -0.493 e. The van der Waals surface area contributed by atoms with Crippen LogP contribution in [0, 0.1) is 11.6 Å². The second-order valence-corrected chi connectivity index (χ2v) is 5.57. The fraction of sp³-hybridized carbons (Fsp3) is 0.263. The van der Waals surface area contributed by atoms with Gasteiger partial charge >= 0.3 is 5.97 Å². The smallest absolute Gasteiger partial charge is 0.342 e. The van der Waals surface area contributed by atoms with E-state index in [0.717, 1.165) is 12.1 Å². The lowest BCUT2D eigenvalue weighted by atomic mass is 10.1. The van der Waals surface area contributed by atoms with Gasteiger partial charge in [-0.15, -0.1) is 0 Å². The van der Waals surface area contributed by atoms with Crippen LogP contribution in [0.25, 0.3) is 0 Å². The summed E-state index contributed by atoms with van der Waals surface area (Å²) in [7, 11) is 2.80. The van der Waals surface area contributed by atoms with Gasteiger partial charge in [0.15, 0.2) is 18.1 Å². The predicted molar refractivity (Wildman–Crippen MR) is 92.7 cm³/mol. The number of nitrogens with one attached hydrogen (secondary N) is 1. The minimum absolute atomic E-state index is 0.0993. The van der Waals surface area contributed by atoms with Gasteiger partial charge in [-0.1, -0.05) is 12.1 Å². The number of rotatable bonds is 7. The van der Waals surface area contributed by atoms with Crippen molar-refractivity contribution in [3.05, 3.63) is 59.2 Å². The third kappa shape index (κ3) is 4.93. The molecule has 144 valence electrons. The molecule has 0 aromatic heterocycles. The van der Waals surface area contributed by atoms with Crippen molar-refractivity contribution in [2.45, 2.75) is 13.0 Å². The Morgan fingerprint density at radius 2 is 1.85 bits per heavy atom. The summed E-state index contributed by atoms with van der Waals surface area (Å²) >= 11 is 0. The Morgan fingerprint density at radius 3 is 2.48 bits per heavy atom. The van der Waals surface area contributed by atoms with Crippen molar-refractivity contribution in [2.24, 2.45) is 0 Å². The lowest BCUT2D eigenvalue weighted by Gasteiger charge is -2.16. The van der Waals surface area contributed by atoms with Gasteiger partial charge in [0, 0.05) is 11.6 Å². The number of hydrogen-bond donors (Lipinski definition) is 1. The number of esters is 1. The Balaban J connectivity index is 1.98. The summed E-state index contributed by atoms with van der Waals surface area (Å²) in [4.78, 5) is 24.2. The van der Waals surface area contributed by atoms with E-state index in [9.17, 15) is 18.4 Å². The first-order chi connectivity index (χ1) is 12.9. The van der Waals surface area contributed by atoms with Crippen molar-refractivity contribution in [1.82, 2.24) is 5.32 Å². The summed E-state index contributed by atoms with van der Waals surface area (Å²) in [5.74, 6) is -2.37. The normalized spacial score (nSPS) is 11.4. The Bertz CT molecular complexity index is 841. The van der Waals surface area contributed by atoms with Crippen LogP contribution in [0.15, 0.2) is 36.4 Å². The molecule has 0 heterocycles. The van der Waals surface area contributed by atoms with E-state index in [1.165, 1.54) is 33.3 Å². The monoisotopic (exact) mass is 379 g/mol. The fourth-order valence-corrected chi connectivity index (χ4v) is 2.47. The minimum atomic E-state index is -0.777. The number of carbonyl (C=O) groups is 2. The maximum Gasteiger partial charge on any atom is 0.342 e. The summed E-state index contributed by atoms with van der Waals surface area (Å²) in [5, 5.41) is 2.48. The second-order valence-electron chi connectivity index (χ2n) is 5.57. The van der Waals surface area contributed by atoms with E-state index in [1.54, 1.807) is 12.1 Å². The van der Waals surface area contributed by atoms with Crippen LogP contribution in [0.1, 0.15) is 28.9 Å². The van der Waals surface area contributed by atoms with E-state index in [-0.39, 0.29) is 16.9 Å². The summed E-state index contributed by atoms with van der Waals surface area (Å²) in [6.45, 7) is 0.952. The van der Waals surface area contributed by atoms with Gasteiger partial charge in [0.05, 0.1) is 20.3 Å². The first kappa shape index (κ1) is 20.2. The Morgan fingerprint density at radius 1 is 1.11 bits per heavy atom. The standard InChI is InChI=1S/C19H19F2NO5/c1-11(13-8-7-12(20)9-15(13)21)22-17(23)10-27-19(24)14-5-4-6-16(25-2)18(14)26-3/h4-9,11H,10H2,1-3H3,(H,22,23)/t11-/m0/s1. The van der Waals surface area contributed by atoms with Crippen LogP contribution in [0.5, 0.6) is 11.5 Å². The molecule has 0 aliphatic carbocycles. The topological polar surface area (TPSA) is 73.9 Å². The van der Waals surface area contributed by atoms with Crippen molar-refractivity contribution in [1.29, 1.82) is 0 Å². The van der Waals surface area contributed by atoms with Crippen LogP contribution in [-0.2, 0) is 9.53 Å². The Kier molecular flexibility index (Phi) is 6.70. The molecular formula is C19H19F2NO5. The number of amides is 1. The average Bonchev–Trinajstić information content (AvgIpc) is 2.65. The van der Waals surface area contributed by atoms with Crippen LogP contribution in [0.2, 0.25) is 0 Å². The van der Waals surface area contributed by atoms with Crippen molar-refractivity contribution < 1.29 is 32.6 Å². The Labute approximate surface area is 155 Å². The molecule has 6 nitrogen and oxygen atoms in total. The lowest BCUT2D eigenvalue weighted by molar-refractivity contribution is -0.124. The molecular weight excluding hydrogens is 360 g/mol. The van der Waals surface area contributed by atoms with E-state index in [1.807, 2.05) is 0 Å². The van der Waals surface area contributed by atoms with Crippen LogP contribution in [0.4, 0.5) is 8.78 Å². The van der Waals surface area contributed by atoms with E-state index < -0.39 is 36.2 Å². The third-order valence-electron chi connectivity index (χ3n) is 3.76. The molecule has 0 spiro atoms. The summed E-state index contributed by atoms with van der Waals surface area (Å²) in [5.41, 5.74) is 0.216. The van der Waals surface area contributed by atoms with E-state index in [0.29, 0.717) is 5.75 Å². The van der Waals surface area contributed by atoms with E-state index in [2.05, 4.69) is 5.32 Å². The number of methoxy groups -OCH3 is 2. The molecule has 1 N–H and O–H groups in total. The molecule has 8 heteroatoms. The van der Waals surface area contributed by atoms with Crippen molar-refractivity contribution >= 4 is 11.9 Å². The molecule has 1 atom stereocenters. The van der Waals surface area contributed by atoms with Gasteiger partial charge in [0.2, 0.25) is 0 Å². The molecule has 0 aliphatic rings. The van der Waals surface area contributed by atoms with Gasteiger partial charge in [-0.2, -0.15) is 0 Å². The molecule has 0 saturated carbocycles. The maximum atomic E-state index is 13.7. The highest BCUT2D eigenvalue weighted by molar-refractivity contribution is 5.95. The largest absolute Gasteiger partial charge is 0.493 e. The summed E-state index contributed by atoms with van der Waals surface area (Å²) < 4.78 is 41.9. The first-order valence-corrected chi connectivity index (χ1v) is 7.99. The van der Waals surface area contributed by atoms with Gasteiger partial charge in [0.1, 0.15) is 17.2 Å². The molecule has 0 aliphatic heterocycles. The number of para-hydroxylation sites is 1. The molecule has 0 bridgehead atoms. The molecule has 0 unspecified atom stereocenters. The Hall–Kier alpha value is -3.16. The molecule has 2 rings (SSSR count). The zero-order valence-corrected chi connectivity index (χ0v) is 15.0. The SMILES string of the molecule is COc1cccc(C(=O)OCC(=O)N[C@@H](C)c2ccc(F)cc2F)c1OC. The van der Waals surface area contributed by atoms with E-state index >= 15 is 0 Å². The number of hydrogen-bond acceptors (Lipinski definition) is 5. The highest BCUT2D eigenvalue weighted by Gasteiger charge is 2.20. The molecule has 0 saturated heterocycles. The van der Waals surface area contributed by atoms with E-state index in [4.69, 9.17) is 14.2 Å². The first-order valence-electron chi connectivity index (χ1n) is 7.99. The third-order valence-corrected chi connectivity index (χ3v) is 3.76. The fourth-order valence-electron chi connectivity index (χ4n) is 2.47. The number of ether oxygens (including phenoxy) is 3. The maximum absolute atomic E-state index is 13.7. The zero-order valence-electron chi connectivity index (χ0n) is 15.0. The lowest BCUT2D eigenvalue weighted by Crippen LogP contribution is -2.31. The summed E-state index contributed by atoms with van der Waals surface area (Å²) in [6.07, 6.45) is 0. The molecule has 2 aromatic carbocycles. The molecule has 1 amide bonds. The van der Waals surface area contributed by atoms with Crippen LogP contribution in [0.3, 0.4) is 0 Å². The highest BCUT2D eigenvalue weighted by atomic mass is 19.1. The van der Waals surface area contributed by atoms with Gasteiger partial charge in [-0.05, 0) is 25.1 Å². The van der Waals surface area contributed by atoms with Crippen molar-refractivity contribution in [3.8, 4) is 11.5 Å². The quantitative estimate of drug-likeness (QED) is 0.749. The van der Waals surface area contributed by atoms with Gasteiger partial charge < -0.3 is 19.5 Å². The number of carbonyl (C=O) groups excluding carboxylic acids is 2. The van der Waals surface area contributed by atoms with Crippen molar-refractivity contribution in [3.63, 3.8) is 0 Å². The van der Waals surface area contributed by atoms with Gasteiger partial charge in [0.25, 0.3) is 5.91 Å². The molecule has 0 fully saturated rings. The molecule has 27 heavy (non-hydrogen) atoms. The second kappa shape index (κ2) is 8.98. The highest BCUT2D eigenvalue weighted by Crippen LogP contribution is 2.31. The summed E-state index contributed by atoms with van der Waals surface area (Å²) in [6, 6.07) is 6.99. The van der Waals surface area contributed by atoms with Crippen LogP contribution >= 0.6 is 0 Å². The van der Waals surface area contributed by atoms with Crippen LogP contribution in [-0.4, -0.2) is 32.7 Å². The molecule has 0 radical (unpaired) electrons. The number of halogens is 2. The van der Waals surface area contributed by atoms with Gasteiger partial charge in [-0.3, -0.25) is 4.79 Å². The average molecular weight is 379 g/mol. The zero-order chi connectivity index (χ0) is 20.0. The predicted octanol–water partition coefficient (Wildman–Crippen LogP) is 3.02. The number of benzene rings is 2. The van der Waals surface area contributed by atoms with Crippen molar-refractivity contribution in [2.75, 3.05) is 20.8 Å². The van der Waals surface area contributed by atoms with Gasteiger partial charge in [-0.25, -0.2) is 13.6 Å². The molecule has 2 aromatic rings.